The second-order valence-corrected chi connectivity index (χ2v) is 5.25. The molecule has 2 N–H and O–H groups in total. The van der Waals surface area contributed by atoms with Gasteiger partial charge in [0.1, 0.15) is 6.54 Å². The number of rotatable bonds is 8. The molecule has 0 aliphatic heterocycles. The van der Waals surface area contributed by atoms with Crippen LogP contribution in [0.3, 0.4) is 0 Å². The van der Waals surface area contributed by atoms with Crippen molar-refractivity contribution in [3.05, 3.63) is 0 Å². The molecule has 0 heterocycles. The standard InChI is InChI=1S/C14H28N2O3/c1-6-14(15,7-2)13(18)16(9-11(4)5)10-12(17)19-8-3/h11H,6-10,15H2,1-5H3. The number of nitrogens with zero attached hydrogens (tertiary/aromatic N) is 1. The lowest BCUT2D eigenvalue weighted by molar-refractivity contribution is -0.151. The highest BCUT2D eigenvalue weighted by Crippen LogP contribution is 2.16. The average Bonchev–Trinajstić information content (AvgIpc) is 2.36. The van der Waals surface area contributed by atoms with Gasteiger partial charge in [0.15, 0.2) is 0 Å². The minimum absolute atomic E-state index is 0.0240. The molecule has 0 fully saturated rings. The van der Waals surface area contributed by atoms with Crippen LogP contribution < -0.4 is 5.73 Å². The Balaban J connectivity index is 4.92. The Morgan fingerprint density at radius 2 is 1.74 bits per heavy atom. The van der Waals surface area contributed by atoms with Gasteiger partial charge in [0.2, 0.25) is 5.91 Å². The first kappa shape index (κ1) is 17.9. The summed E-state index contributed by atoms with van der Waals surface area (Å²) < 4.78 is 4.91. The van der Waals surface area contributed by atoms with Crippen LogP contribution in [-0.4, -0.2) is 42.0 Å². The van der Waals surface area contributed by atoms with E-state index in [1.807, 2.05) is 27.7 Å². The van der Waals surface area contributed by atoms with E-state index >= 15 is 0 Å². The van der Waals surface area contributed by atoms with E-state index < -0.39 is 5.54 Å². The molecule has 5 heteroatoms. The van der Waals surface area contributed by atoms with Gasteiger partial charge in [-0.2, -0.15) is 0 Å². The fourth-order valence-electron chi connectivity index (χ4n) is 1.89. The van der Waals surface area contributed by atoms with E-state index in [0.717, 1.165) is 0 Å². The van der Waals surface area contributed by atoms with Crippen LogP contribution in [0.1, 0.15) is 47.5 Å². The highest BCUT2D eigenvalue weighted by Gasteiger charge is 2.35. The van der Waals surface area contributed by atoms with Crippen molar-refractivity contribution in [3.8, 4) is 0 Å². The number of carbonyl (C=O) groups excluding carboxylic acids is 2. The van der Waals surface area contributed by atoms with Gasteiger partial charge in [0, 0.05) is 6.54 Å². The number of amides is 1. The van der Waals surface area contributed by atoms with Crippen molar-refractivity contribution in [1.29, 1.82) is 0 Å². The molecule has 0 aromatic rings. The number of ether oxygens (including phenoxy) is 1. The third-order valence-electron chi connectivity index (χ3n) is 3.19. The van der Waals surface area contributed by atoms with Gasteiger partial charge in [-0.15, -0.1) is 0 Å². The Morgan fingerprint density at radius 1 is 1.21 bits per heavy atom. The molecule has 5 nitrogen and oxygen atoms in total. The molecular weight excluding hydrogens is 244 g/mol. The maximum Gasteiger partial charge on any atom is 0.325 e. The van der Waals surface area contributed by atoms with Gasteiger partial charge >= 0.3 is 5.97 Å². The number of nitrogens with two attached hydrogens (primary N) is 1. The van der Waals surface area contributed by atoms with Crippen LogP contribution in [0.4, 0.5) is 0 Å². The number of esters is 1. The lowest BCUT2D eigenvalue weighted by atomic mass is 9.92. The van der Waals surface area contributed by atoms with Crippen molar-refractivity contribution in [1.82, 2.24) is 4.90 Å². The van der Waals surface area contributed by atoms with Gasteiger partial charge in [-0.05, 0) is 25.7 Å². The van der Waals surface area contributed by atoms with Crippen LogP contribution in [-0.2, 0) is 14.3 Å². The molecular formula is C14H28N2O3. The summed E-state index contributed by atoms with van der Waals surface area (Å²) in [5.74, 6) is -0.276. The first-order valence-electron chi connectivity index (χ1n) is 7.04. The second-order valence-electron chi connectivity index (χ2n) is 5.25. The molecule has 0 aromatic carbocycles. The molecule has 0 aromatic heterocycles. The van der Waals surface area contributed by atoms with Crippen molar-refractivity contribution in [2.24, 2.45) is 11.7 Å². The van der Waals surface area contributed by atoms with Gasteiger partial charge < -0.3 is 15.4 Å². The van der Waals surface area contributed by atoms with Gasteiger partial charge in [-0.25, -0.2) is 0 Å². The third kappa shape index (κ3) is 5.59. The minimum Gasteiger partial charge on any atom is -0.465 e. The summed E-state index contributed by atoms with van der Waals surface area (Å²) in [6, 6.07) is 0. The van der Waals surface area contributed by atoms with Crippen molar-refractivity contribution in [2.45, 2.75) is 53.0 Å². The first-order valence-corrected chi connectivity index (χ1v) is 7.04. The minimum atomic E-state index is -0.888. The molecule has 0 aliphatic rings. The van der Waals surface area contributed by atoms with Gasteiger partial charge in [-0.1, -0.05) is 27.7 Å². The van der Waals surface area contributed by atoms with E-state index in [1.54, 1.807) is 6.92 Å². The van der Waals surface area contributed by atoms with Gasteiger partial charge in [-0.3, -0.25) is 9.59 Å². The molecule has 0 rings (SSSR count). The van der Waals surface area contributed by atoms with E-state index in [0.29, 0.717) is 26.0 Å². The number of carbonyl (C=O) groups is 2. The lowest BCUT2D eigenvalue weighted by Gasteiger charge is -2.33. The highest BCUT2D eigenvalue weighted by molar-refractivity contribution is 5.89. The van der Waals surface area contributed by atoms with Crippen molar-refractivity contribution < 1.29 is 14.3 Å². The summed E-state index contributed by atoms with van der Waals surface area (Å²) in [6.07, 6.45) is 1.11. The molecule has 0 unspecified atom stereocenters. The fraction of sp³-hybridized carbons (Fsp3) is 0.857. The fourth-order valence-corrected chi connectivity index (χ4v) is 1.89. The zero-order valence-electron chi connectivity index (χ0n) is 12.9. The number of hydrogen-bond acceptors (Lipinski definition) is 4. The van der Waals surface area contributed by atoms with Crippen LogP contribution in [0.5, 0.6) is 0 Å². The monoisotopic (exact) mass is 272 g/mol. The van der Waals surface area contributed by atoms with E-state index in [4.69, 9.17) is 10.5 Å². The maximum atomic E-state index is 12.5. The Kier molecular flexibility index (Phi) is 7.68. The summed E-state index contributed by atoms with van der Waals surface area (Å²) in [5.41, 5.74) is 5.24. The first-order chi connectivity index (χ1) is 8.80. The third-order valence-corrected chi connectivity index (χ3v) is 3.19. The molecule has 0 spiro atoms. The predicted octanol–water partition coefficient (Wildman–Crippen LogP) is 1.55. The molecule has 1 amide bonds. The van der Waals surface area contributed by atoms with Crippen LogP contribution in [0, 0.1) is 5.92 Å². The largest absolute Gasteiger partial charge is 0.465 e. The zero-order valence-corrected chi connectivity index (χ0v) is 12.9. The average molecular weight is 272 g/mol. The van der Waals surface area contributed by atoms with Crippen molar-refractivity contribution in [3.63, 3.8) is 0 Å². The summed E-state index contributed by atoms with van der Waals surface area (Å²) in [7, 11) is 0. The number of hydrogen-bond donors (Lipinski definition) is 1. The zero-order chi connectivity index (χ0) is 15.1. The SMILES string of the molecule is CCOC(=O)CN(CC(C)C)C(=O)C(N)(CC)CC. The van der Waals surface area contributed by atoms with E-state index in [1.165, 1.54) is 4.90 Å². The predicted molar refractivity (Wildman–Crippen MR) is 75.6 cm³/mol. The Labute approximate surface area is 116 Å². The topological polar surface area (TPSA) is 72.6 Å². The van der Waals surface area contributed by atoms with E-state index in [9.17, 15) is 9.59 Å². The van der Waals surface area contributed by atoms with Crippen LogP contribution in [0.15, 0.2) is 0 Å². The Hall–Kier alpha value is -1.10. The molecule has 0 atom stereocenters. The van der Waals surface area contributed by atoms with Crippen molar-refractivity contribution in [2.75, 3.05) is 19.7 Å². The summed E-state index contributed by atoms with van der Waals surface area (Å²) in [5, 5.41) is 0. The molecule has 0 saturated carbocycles. The Bertz CT molecular complexity index is 299. The van der Waals surface area contributed by atoms with E-state index in [-0.39, 0.29) is 24.3 Å². The lowest BCUT2D eigenvalue weighted by Crippen LogP contribution is -2.56. The molecule has 0 saturated heterocycles. The normalized spacial score (nSPS) is 11.5. The summed E-state index contributed by atoms with van der Waals surface area (Å²) in [6.45, 7) is 10.3. The highest BCUT2D eigenvalue weighted by atomic mass is 16.5. The molecule has 19 heavy (non-hydrogen) atoms. The summed E-state index contributed by atoms with van der Waals surface area (Å²) in [4.78, 5) is 25.6. The van der Waals surface area contributed by atoms with Crippen LogP contribution in [0.2, 0.25) is 0 Å². The smallest absolute Gasteiger partial charge is 0.325 e. The summed E-state index contributed by atoms with van der Waals surface area (Å²) >= 11 is 0. The van der Waals surface area contributed by atoms with Crippen LogP contribution in [0.25, 0.3) is 0 Å². The van der Waals surface area contributed by atoms with E-state index in [2.05, 4.69) is 0 Å². The van der Waals surface area contributed by atoms with Crippen molar-refractivity contribution >= 4 is 11.9 Å². The van der Waals surface area contributed by atoms with Crippen LogP contribution >= 0.6 is 0 Å². The molecule has 112 valence electrons. The molecule has 0 radical (unpaired) electrons. The Morgan fingerprint density at radius 3 is 2.11 bits per heavy atom. The second kappa shape index (κ2) is 8.15. The van der Waals surface area contributed by atoms with Gasteiger partial charge in [0.25, 0.3) is 0 Å². The molecule has 0 aliphatic carbocycles. The quantitative estimate of drug-likeness (QED) is 0.680. The molecule has 0 bridgehead atoms. The van der Waals surface area contributed by atoms with Gasteiger partial charge in [0.05, 0.1) is 12.1 Å². The maximum absolute atomic E-state index is 12.5.